The number of hydrogen-bond acceptors (Lipinski definition) is 3. The average Bonchev–Trinajstić information content (AvgIpc) is 2.90. The van der Waals surface area contributed by atoms with E-state index in [0.717, 1.165) is 38.1 Å². The Hall–Kier alpha value is -1.46. The normalized spacial score (nSPS) is 18.6. The van der Waals surface area contributed by atoms with Gasteiger partial charge in [-0.25, -0.2) is 4.39 Å². The van der Waals surface area contributed by atoms with Crippen molar-refractivity contribution in [1.82, 2.24) is 4.90 Å². The molecule has 0 saturated carbocycles. The van der Waals surface area contributed by atoms with E-state index < -0.39 is 0 Å². The molecule has 1 heterocycles. The van der Waals surface area contributed by atoms with E-state index in [4.69, 9.17) is 15.9 Å². The topological polar surface area (TPSA) is 62.3 Å². The molecule has 0 aromatic heterocycles. The molecule has 0 radical (unpaired) electrons. The van der Waals surface area contributed by atoms with Crippen LogP contribution >= 0.6 is 0 Å². The number of nitrogens with zero attached hydrogens (tertiary/aromatic N) is 1. The molecule has 1 aliphatic rings. The molecular formula is C15H22FN3O. The lowest BCUT2D eigenvalue weighted by molar-refractivity contribution is 0.0724. The zero-order valence-electron chi connectivity index (χ0n) is 11.9. The van der Waals surface area contributed by atoms with Crippen molar-refractivity contribution in [2.45, 2.75) is 32.4 Å². The number of likely N-dealkylation sites (N-methyl/N-ethyl adjacent to an activating group) is 1. The minimum absolute atomic E-state index is 0.104. The van der Waals surface area contributed by atoms with E-state index in [-0.39, 0.29) is 17.8 Å². The second kappa shape index (κ2) is 6.81. The van der Waals surface area contributed by atoms with Crippen molar-refractivity contribution in [3.8, 4) is 0 Å². The van der Waals surface area contributed by atoms with E-state index in [2.05, 4.69) is 11.8 Å². The summed E-state index contributed by atoms with van der Waals surface area (Å²) in [6.45, 7) is 5.32. The largest absolute Gasteiger partial charge is 0.384 e. The zero-order valence-corrected chi connectivity index (χ0v) is 11.9. The molecular weight excluding hydrogens is 257 g/mol. The van der Waals surface area contributed by atoms with Gasteiger partial charge in [-0.15, -0.1) is 0 Å². The lowest BCUT2D eigenvalue weighted by atomic mass is 10.1. The maximum atomic E-state index is 13.6. The third-order valence-corrected chi connectivity index (χ3v) is 3.61. The summed E-state index contributed by atoms with van der Waals surface area (Å²) < 4.78 is 19.2. The van der Waals surface area contributed by atoms with E-state index in [0.29, 0.717) is 12.1 Å². The second-order valence-corrected chi connectivity index (χ2v) is 5.22. The van der Waals surface area contributed by atoms with Crippen LogP contribution in [0.3, 0.4) is 0 Å². The Morgan fingerprint density at radius 1 is 1.50 bits per heavy atom. The molecule has 0 spiro atoms. The summed E-state index contributed by atoms with van der Waals surface area (Å²) in [5.74, 6) is -0.450. The Bertz CT molecular complexity index is 472. The zero-order chi connectivity index (χ0) is 14.5. The van der Waals surface area contributed by atoms with Gasteiger partial charge < -0.3 is 10.5 Å². The quantitative estimate of drug-likeness (QED) is 0.619. The fraction of sp³-hybridized carbons (Fsp3) is 0.533. The van der Waals surface area contributed by atoms with Crippen LogP contribution in [0.1, 0.15) is 30.9 Å². The van der Waals surface area contributed by atoms with E-state index in [9.17, 15) is 4.39 Å². The van der Waals surface area contributed by atoms with Gasteiger partial charge in [-0.3, -0.25) is 10.3 Å². The van der Waals surface area contributed by atoms with Crippen molar-refractivity contribution < 1.29 is 9.13 Å². The smallest absolute Gasteiger partial charge is 0.124 e. The number of nitrogens with one attached hydrogen (secondary N) is 1. The van der Waals surface area contributed by atoms with Crippen LogP contribution in [0.2, 0.25) is 0 Å². The molecule has 1 saturated heterocycles. The van der Waals surface area contributed by atoms with Gasteiger partial charge in [0.1, 0.15) is 11.7 Å². The Labute approximate surface area is 119 Å². The van der Waals surface area contributed by atoms with Crippen LogP contribution in [0.5, 0.6) is 0 Å². The summed E-state index contributed by atoms with van der Waals surface area (Å²) in [6.07, 6.45) is 2.51. The lowest BCUT2D eigenvalue weighted by Gasteiger charge is -2.24. The number of hydrogen-bond donors (Lipinski definition) is 2. The average molecular weight is 279 g/mol. The highest BCUT2D eigenvalue weighted by molar-refractivity contribution is 5.95. The minimum atomic E-state index is -0.346. The number of benzene rings is 1. The molecule has 20 heavy (non-hydrogen) atoms. The summed E-state index contributed by atoms with van der Waals surface area (Å²) in [5.41, 5.74) is 6.71. The molecule has 1 unspecified atom stereocenters. The molecule has 3 N–H and O–H groups in total. The summed E-state index contributed by atoms with van der Waals surface area (Å²) >= 11 is 0. The van der Waals surface area contributed by atoms with Gasteiger partial charge in [0.15, 0.2) is 0 Å². The predicted molar refractivity (Wildman–Crippen MR) is 77.3 cm³/mol. The highest BCUT2D eigenvalue weighted by Crippen LogP contribution is 2.16. The Morgan fingerprint density at radius 3 is 2.90 bits per heavy atom. The molecule has 1 atom stereocenters. The molecule has 1 fully saturated rings. The monoisotopic (exact) mass is 279 g/mol. The highest BCUT2D eigenvalue weighted by Gasteiger charge is 2.18. The van der Waals surface area contributed by atoms with Crippen molar-refractivity contribution in [3.05, 3.63) is 35.1 Å². The molecule has 0 bridgehead atoms. The van der Waals surface area contributed by atoms with Crippen molar-refractivity contribution in [1.29, 1.82) is 5.41 Å². The van der Waals surface area contributed by atoms with Crippen LogP contribution < -0.4 is 5.73 Å². The molecule has 1 aromatic carbocycles. The number of nitrogen functional groups attached to an aromatic ring is 1. The van der Waals surface area contributed by atoms with Gasteiger partial charge >= 0.3 is 0 Å². The standard InChI is InChI=1S/C15H22FN3O/c1-2-19(10-14-4-3-5-20-14)9-11-6-12(15(17)18)8-13(16)7-11/h6-8,14H,2-5,9-10H2,1H3,(H3,17,18). The number of ether oxygens (including phenoxy) is 1. The summed E-state index contributed by atoms with van der Waals surface area (Å²) in [5, 5.41) is 7.41. The highest BCUT2D eigenvalue weighted by atomic mass is 19.1. The molecule has 2 rings (SSSR count). The first-order chi connectivity index (χ1) is 9.58. The third kappa shape index (κ3) is 4.02. The van der Waals surface area contributed by atoms with E-state index in [1.54, 1.807) is 6.07 Å². The van der Waals surface area contributed by atoms with Crippen LogP contribution in [-0.2, 0) is 11.3 Å². The summed E-state index contributed by atoms with van der Waals surface area (Å²) in [6, 6.07) is 4.58. The first-order valence-corrected chi connectivity index (χ1v) is 7.06. The molecule has 110 valence electrons. The maximum Gasteiger partial charge on any atom is 0.124 e. The maximum absolute atomic E-state index is 13.6. The molecule has 1 aliphatic heterocycles. The molecule has 4 nitrogen and oxygen atoms in total. The Kier molecular flexibility index (Phi) is 5.09. The van der Waals surface area contributed by atoms with Gasteiger partial charge in [-0.1, -0.05) is 6.92 Å². The van der Waals surface area contributed by atoms with Gasteiger partial charge in [0, 0.05) is 25.3 Å². The Morgan fingerprint density at radius 2 is 2.30 bits per heavy atom. The van der Waals surface area contributed by atoms with Gasteiger partial charge in [-0.05, 0) is 43.1 Å². The lowest BCUT2D eigenvalue weighted by Crippen LogP contribution is -2.31. The predicted octanol–water partition coefficient (Wildman–Crippen LogP) is 2.11. The van der Waals surface area contributed by atoms with Crippen molar-refractivity contribution in [2.75, 3.05) is 19.7 Å². The number of amidine groups is 1. The second-order valence-electron chi connectivity index (χ2n) is 5.22. The number of nitrogens with two attached hydrogens (primary N) is 1. The van der Waals surface area contributed by atoms with E-state index in [1.807, 2.05) is 0 Å². The summed E-state index contributed by atoms with van der Waals surface area (Å²) in [4.78, 5) is 2.23. The van der Waals surface area contributed by atoms with E-state index >= 15 is 0 Å². The van der Waals surface area contributed by atoms with Crippen LogP contribution in [0.15, 0.2) is 18.2 Å². The van der Waals surface area contributed by atoms with Gasteiger partial charge in [0.25, 0.3) is 0 Å². The summed E-state index contributed by atoms with van der Waals surface area (Å²) in [7, 11) is 0. The Balaban J connectivity index is 2.04. The minimum Gasteiger partial charge on any atom is -0.384 e. The van der Waals surface area contributed by atoms with Crippen molar-refractivity contribution in [2.24, 2.45) is 5.73 Å². The van der Waals surface area contributed by atoms with Crippen LogP contribution in [-0.4, -0.2) is 36.5 Å². The fourth-order valence-corrected chi connectivity index (χ4v) is 2.54. The first-order valence-electron chi connectivity index (χ1n) is 7.06. The molecule has 1 aromatic rings. The van der Waals surface area contributed by atoms with E-state index in [1.165, 1.54) is 12.1 Å². The van der Waals surface area contributed by atoms with Gasteiger partial charge in [-0.2, -0.15) is 0 Å². The third-order valence-electron chi connectivity index (χ3n) is 3.61. The molecule has 5 heteroatoms. The van der Waals surface area contributed by atoms with Gasteiger partial charge in [0.05, 0.1) is 6.10 Å². The number of rotatable bonds is 6. The first kappa shape index (κ1) is 14.9. The number of halogens is 1. The van der Waals surface area contributed by atoms with Crippen molar-refractivity contribution >= 4 is 5.84 Å². The van der Waals surface area contributed by atoms with Crippen molar-refractivity contribution in [3.63, 3.8) is 0 Å². The van der Waals surface area contributed by atoms with Crippen LogP contribution in [0.25, 0.3) is 0 Å². The van der Waals surface area contributed by atoms with Gasteiger partial charge in [0.2, 0.25) is 0 Å². The SMILES string of the molecule is CCN(Cc1cc(F)cc(C(=N)N)c1)CC1CCCO1. The van der Waals surface area contributed by atoms with Crippen LogP contribution in [0, 0.1) is 11.2 Å². The molecule has 0 aliphatic carbocycles. The molecule has 0 amide bonds. The van der Waals surface area contributed by atoms with Crippen LogP contribution in [0.4, 0.5) is 4.39 Å². The fourth-order valence-electron chi connectivity index (χ4n) is 2.54.